The molecule has 1 aromatic rings. The van der Waals surface area contributed by atoms with E-state index in [4.69, 9.17) is 4.74 Å². The van der Waals surface area contributed by atoms with Crippen LogP contribution in [0.1, 0.15) is 24.3 Å². The lowest BCUT2D eigenvalue weighted by atomic mass is 10.1. The van der Waals surface area contributed by atoms with Gasteiger partial charge in [0.05, 0.1) is 12.7 Å². The largest absolute Gasteiger partial charge is 0.464 e. The third kappa shape index (κ3) is 4.41. The van der Waals surface area contributed by atoms with E-state index >= 15 is 0 Å². The fraction of sp³-hybridized carbons (Fsp3) is 0.600. The number of rotatable bonds is 4. The average Bonchev–Trinajstić information content (AvgIpc) is 2.45. The van der Waals surface area contributed by atoms with Gasteiger partial charge < -0.3 is 14.7 Å². The zero-order valence-electron chi connectivity index (χ0n) is 12.9. The van der Waals surface area contributed by atoms with E-state index in [2.05, 4.69) is 14.8 Å². The minimum Gasteiger partial charge on any atom is -0.464 e. The van der Waals surface area contributed by atoms with E-state index in [1.807, 2.05) is 19.9 Å². The van der Waals surface area contributed by atoms with Gasteiger partial charge in [0.1, 0.15) is 5.69 Å². The number of hydrogen-bond donors (Lipinski definition) is 1. The molecule has 1 fully saturated rings. The molecule has 0 spiro atoms. The molecule has 1 N–H and O–H groups in total. The first-order valence-corrected chi connectivity index (χ1v) is 7.13. The molecule has 0 aromatic carbocycles. The van der Waals surface area contributed by atoms with Crippen LogP contribution in [0.4, 0.5) is 5.69 Å². The number of anilines is 1. The number of carbonyl (C=O) groups excluding carboxylic acids is 1. The van der Waals surface area contributed by atoms with Crippen molar-refractivity contribution in [3.63, 3.8) is 0 Å². The van der Waals surface area contributed by atoms with Crippen molar-refractivity contribution in [1.29, 1.82) is 0 Å². The van der Waals surface area contributed by atoms with Crippen LogP contribution in [0.3, 0.4) is 0 Å². The van der Waals surface area contributed by atoms with E-state index in [0.29, 0.717) is 12.2 Å². The molecule has 1 aromatic heterocycles. The Bertz CT molecular complexity index is 491. The van der Waals surface area contributed by atoms with Crippen LogP contribution in [-0.4, -0.2) is 66.4 Å². The first kappa shape index (κ1) is 15.7. The van der Waals surface area contributed by atoms with E-state index in [-0.39, 0.29) is 0 Å². The molecule has 6 nitrogen and oxygen atoms in total. The lowest BCUT2D eigenvalue weighted by Gasteiger charge is -2.38. The summed E-state index contributed by atoms with van der Waals surface area (Å²) in [6.07, 6.45) is 1.63. The minimum atomic E-state index is -0.670. The first-order chi connectivity index (χ1) is 9.89. The average molecular weight is 293 g/mol. The quantitative estimate of drug-likeness (QED) is 0.827. The fourth-order valence-electron chi connectivity index (χ4n) is 2.54. The molecule has 2 rings (SSSR count). The van der Waals surface area contributed by atoms with Gasteiger partial charge in [-0.2, -0.15) is 0 Å². The molecule has 1 saturated heterocycles. The summed E-state index contributed by atoms with van der Waals surface area (Å²) in [5.41, 5.74) is 0.638. The summed E-state index contributed by atoms with van der Waals surface area (Å²) in [6, 6.07) is 3.66. The molecule has 0 unspecified atom stereocenters. The van der Waals surface area contributed by atoms with E-state index in [1.165, 1.54) is 7.11 Å². The zero-order chi connectivity index (χ0) is 15.5. The maximum Gasteiger partial charge on any atom is 0.356 e. The van der Waals surface area contributed by atoms with Crippen LogP contribution in [0.25, 0.3) is 0 Å². The van der Waals surface area contributed by atoms with Crippen molar-refractivity contribution in [2.24, 2.45) is 0 Å². The predicted octanol–water partition coefficient (Wildman–Crippen LogP) is 0.761. The number of aromatic nitrogens is 1. The second-order valence-corrected chi connectivity index (χ2v) is 5.97. The molecule has 0 radical (unpaired) electrons. The molecule has 21 heavy (non-hydrogen) atoms. The van der Waals surface area contributed by atoms with Crippen molar-refractivity contribution in [3.8, 4) is 0 Å². The Morgan fingerprint density at radius 2 is 2.05 bits per heavy atom. The molecule has 6 heteroatoms. The topological polar surface area (TPSA) is 65.9 Å². The Morgan fingerprint density at radius 3 is 2.62 bits per heavy atom. The fourth-order valence-corrected chi connectivity index (χ4v) is 2.54. The molecule has 0 atom stereocenters. The van der Waals surface area contributed by atoms with Gasteiger partial charge in [-0.05, 0) is 26.0 Å². The number of aliphatic hydroxyl groups is 1. The minimum absolute atomic E-state index is 0.328. The van der Waals surface area contributed by atoms with Crippen molar-refractivity contribution >= 4 is 11.7 Å². The number of β-amino-alcohol motifs (C(OH)–C–C–N with tert-alkyl or cyclic N) is 1. The Labute approximate surface area is 125 Å². The zero-order valence-corrected chi connectivity index (χ0v) is 12.9. The molecule has 0 amide bonds. The van der Waals surface area contributed by atoms with Crippen LogP contribution in [0.15, 0.2) is 18.3 Å². The van der Waals surface area contributed by atoms with Gasteiger partial charge in [-0.25, -0.2) is 9.78 Å². The summed E-state index contributed by atoms with van der Waals surface area (Å²) >= 11 is 0. The van der Waals surface area contributed by atoms with Gasteiger partial charge in [0.15, 0.2) is 0 Å². The number of hydrogen-bond acceptors (Lipinski definition) is 6. The van der Waals surface area contributed by atoms with Gasteiger partial charge in [-0.15, -0.1) is 0 Å². The molecule has 0 aliphatic carbocycles. The van der Waals surface area contributed by atoms with Gasteiger partial charge in [-0.3, -0.25) is 4.90 Å². The Morgan fingerprint density at radius 1 is 1.38 bits per heavy atom. The second kappa shape index (κ2) is 6.41. The molecule has 2 heterocycles. The van der Waals surface area contributed by atoms with Crippen molar-refractivity contribution in [1.82, 2.24) is 9.88 Å². The standard InChI is InChI=1S/C15H23N3O3/c1-15(2,20)11-17-6-8-18(9-7-17)12-4-5-16-13(10-12)14(19)21-3/h4-5,10,20H,6-9,11H2,1-3H3. The maximum absolute atomic E-state index is 11.5. The van der Waals surface area contributed by atoms with E-state index < -0.39 is 11.6 Å². The number of methoxy groups -OCH3 is 1. The Hall–Kier alpha value is -1.66. The van der Waals surface area contributed by atoms with Crippen LogP contribution >= 0.6 is 0 Å². The summed E-state index contributed by atoms with van der Waals surface area (Å²) in [5, 5.41) is 9.86. The second-order valence-electron chi connectivity index (χ2n) is 5.97. The number of piperazine rings is 1. The third-order valence-corrected chi connectivity index (χ3v) is 3.49. The summed E-state index contributed by atoms with van der Waals surface area (Å²) in [5.74, 6) is -0.419. The maximum atomic E-state index is 11.5. The molecule has 1 aliphatic rings. The van der Waals surface area contributed by atoms with E-state index in [0.717, 1.165) is 31.9 Å². The van der Waals surface area contributed by atoms with Gasteiger partial charge >= 0.3 is 5.97 Å². The van der Waals surface area contributed by atoms with Crippen LogP contribution in [0.5, 0.6) is 0 Å². The van der Waals surface area contributed by atoms with Crippen molar-refractivity contribution in [3.05, 3.63) is 24.0 Å². The van der Waals surface area contributed by atoms with Crippen LogP contribution in [0, 0.1) is 0 Å². The highest BCUT2D eigenvalue weighted by Gasteiger charge is 2.23. The highest BCUT2D eigenvalue weighted by Crippen LogP contribution is 2.18. The van der Waals surface area contributed by atoms with Crippen LogP contribution in [0.2, 0.25) is 0 Å². The molecule has 1 aliphatic heterocycles. The van der Waals surface area contributed by atoms with Crippen LogP contribution in [-0.2, 0) is 4.74 Å². The SMILES string of the molecule is COC(=O)c1cc(N2CCN(CC(C)(C)O)CC2)ccn1. The number of carbonyl (C=O) groups is 1. The molecular weight excluding hydrogens is 270 g/mol. The first-order valence-electron chi connectivity index (χ1n) is 7.13. The number of pyridine rings is 1. The Balaban J connectivity index is 1.97. The van der Waals surface area contributed by atoms with E-state index in [9.17, 15) is 9.90 Å². The van der Waals surface area contributed by atoms with Gasteiger partial charge in [0.25, 0.3) is 0 Å². The summed E-state index contributed by atoms with van der Waals surface area (Å²) < 4.78 is 4.69. The van der Waals surface area contributed by atoms with Gasteiger partial charge in [0, 0.05) is 44.6 Å². The summed E-state index contributed by atoms with van der Waals surface area (Å²) in [6.45, 7) is 7.82. The van der Waals surface area contributed by atoms with Crippen molar-refractivity contribution in [2.75, 3.05) is 44.7 Å². The summed E-state index contributed by atoms with van der Waals surface area (Å²) in [7, 11) is 1.35. The number of esters is 1. The van der Waals surface area contributed by atoms with Gasteiger partial charge in [-0.1, -0.05) is 0 Å². The molecular formula is C15H23N3O3. The lowest BCUT2D eigenvalue weighted by molar-refractivity contribution is 0.0345. The number of ether oxygens (including phenoxy) is 1. The summed E-state index contributed by atoms with van der Waals surface area (Å²) in [4.78, 5) is 20.0. The monoisotopic (exact) mass is 293 g/mol. The Kier molecular flexibility index (Phi) is 4.80. The highest BCUT2D eigenvalue weighted by molar-refractivity contribution is 5.88. The van der Waals surface area contributed by atoms with E-state index in [1.54, 1.807) is 12.3 Å². The third-order valence-electron chi connectivity index (χ3n) is 3.49. The molecule has 116 valence electrons. The molecule has 0 bridgehead atoms. The smallest absolute Gasteiger partial charge is 0.356 e. The predicted molar refractivity (Wildman–Crippen MR) is 80.5 cm³/mol. The van der Waals surface area contributed by atoms with Gasteiger partial charge in [0.2, 0.25) is 0 Å². The number of nitrogens with zero attached hydrogens (tertiary/aromatic N) is 3. The van der Waals surface area contributed by atoms with Crippen molar-refractivity contribution < 1.29 is 14.6 Å². The lowest BCUT2D eigenvalue weighted by Crippen LogP contribution is -2.50. The van der Waals surface area contributed by atoms with Crippen molar-refractivity contribution in [2.45, 2.75) is 19.4 Å². The normalized spacial score (nSPS) is 16.9. The highest BCUT2D eigenvalue weighted by atomic mass is 16.5. The van der Waals surface area contributed by atoms with Crippen LogP contribution < -0.4 is 4.90 Å². The molecule has 0 saturated carbocycles.